The van der Waals surface area contributed by atoms with Gasteiger partial charge in [-0.2, -0.15) is 5.10 Å². The number of hydrogen-bond acceptors (Lipinski definition) is 7. The van der Waals surface area contributed by atoms with Gasteiger partial charge in [-0.1, -0.05) is 12.1 Å². The van der Waals surface area contributed by atoms with Gasteiger partial charge in [0.25, 0.3) is 0 Å². The van der Waals surface area contributed by atoms with Crippen LogP contribution >= 0.6 is 0 Å². The molecule has 8 nitrogen and oxygen atoms in total. The van der Waals surface area contributed by atoms with E-state index in [4.69, 9.17) is 19.3 Å². The SMILES string of the molecule is COC(=O)c1cnc2c(c1)Oc1ccccc1-c1cc(CN3CCOCC3)nn1-2. The Morgan fingerprint density at radius 1 is 1.17 bits per heavy atom. The summed E-state index contributed by atoms with van der Waals surface area (Å²) in [5.41, 5.74) is 3.10. The Kier molecular flexibility index (Phi) is 4.49. The zero-order valence-corrected chi connectivity index (χ0v) is 16.0. The molecule has 2 aliphatic heterocycles. The van der Waals surface area contributed by atoms with Gasteiger partial charge in [0.2, 0.25) is 0 Å². The zero-order chi connectivity index (χ0) is 19.8. The molecule has 0 unspecified atom stereocenters. The molecule has 1 aromatic carbocycles. The number of para-hydroxylation sites is 1. The van der Waals surface area contributed by atoms with Crippen LogP contribution in [0.15, 0.2) is 42.6 Å². The van der Waals surface area contributed by atoms with E-state index in [9.17, 15) is 4.79 Å². The van der Waals surface area contributed by atoms with Crippen LogP contribution in [-0.4, -0.2) is 59.0 Å². The van der Waals surface area contributed by atoms with Crippen molar-refractivity contribution in [2.75, 3.05) is 33.4 Å². The molecule has 29 heavy (non-hydrogen) atoms. The van der Waals surface area contributed by atoms with Crippen molar-refractivity contribution < 1.29 is 19.0 Å². The number of fused-ring (bicyclic) bond motifs is 5. The Balaban J connectivity index is 1.61. The molecule has 2 aliphatic rings. The second-order valence-electron chi connectivity index (χ2n) is 6.96. The average Bonchev–Trinajstić information content (AvgIpc) is 3.12. The number of morpholine rings is 1. The first kappa shape index (κ1) is 17.8. The highest BCUT2D eigenvalue weighted by Crippen LogP contribution is 2.40. The molecule has 0 bridgehead atoms. The van der Waals surface area contributed by atoms with Crippen LogP contribution in [0.4, 0.5) is 0 Å². The Hall–Kier alpha value is -3.23. The number of ether oxygens (including phenoxy) is 3. The van der Waals surface area contributed by atoms with E-state index in [0.29, 0.717) is 22.9 Å². The molecule has 1 fully saturated rings. The molecule has 4 heterocycles. The van der Waals surface area contributed by atoms with E-state index in [1.54, 1.807) is 10.7 Å². The van der Waals surface area contributed by atoms with Gasteiger partial charge in [0, 0.05) is 37.5 Å². The van der Waals surface area contributed by atoms with Crippen LogP contribution < -0.4 is 4.74 Å². The summed E-state index contributed by atoms with van der Waals surface area (Å²) in [6, 6.07) is 11.5. The maximum atomic E-state index is 11.9. The molecule has 8 heteroatoms. The Morgan fingerprint density at radius 2 is 2.00 bits per heavy atom. The predicted octanol–water partition coefficient (Wildman–Crippen LogP) is 2.66. The van der Waals surface area contributed by atoms with E-state index < -0.39 is 5.97 Å². The quantitative estimate of drug-likeness (QED) is 0.496. The van der Waals surface area contributed by atoms with Crippen LogP contribution in [0.1, 0.15) is 16.1 Å². The summed E-state index contributed by atoms with van der Waals surface area (Å²) in [5, 5.41) is 4.82. The van der Waals surface area contributed by atoms with Gasteiger partial charge in [-0.15, -0.1) is 0 Å². The normalized spacial score (nSPS) is 15.5. The summed E-state index contributed by atoms with van der Waals surface area (Å²) in [5.74, 6) is 1.22. The Bertz CT molecular complexity index is 1070. The van der Waals surface area contributed by atoms with Crippen LogP contribution in [0.3, 0.4) is 0 Å². The maximum absolute atomic E-state index is 11.9. The van der Waals surface area contributed by atoms with Crippen molar-refractivity contribution in [2.24, 2.45) is 0 Å². The molecule has 1 saturated heterocycles. The van der Waals surface area contributed by atoms with Crippen molar-refractivity contribution in [1.29, 1.82) is 0 Å². The third kappa shape index (κ3) is 3.26. The van der Waals surface area contributed by atoms with Crippen LogP contribution in [0.5, 0.6) is 11.5 Å². The van der Waals surface area contributed by atoms with E-state index in [2.05, 4.69) is 16.0 Å². The van der Waals surface area contributed by atoms with Crippen molar-refractivity contribution in [3.8, 4) is 28.6 Å². The van der Waals surface area contributed by atoms with Crippen molar-refractivity contribution >= 4 is 5.97 Å². The smallest absolute Gasteiger partial charge is 0.339 e. The number of hydrogen-bond donors (Lipinski definition) is 0. The minimum absolute atomic E-state index is 0.327. The molecular formula is C21H20N4O4. The summed E-state index contributed by atoms with van der Waals surface area (Å²) >= 11 is 0. The summed E-state index contributed by atoms with van der Waals surface area (Å²) in [4.78, 5) is 18.7. The lowest BCUT2D eigenvalue weighted by molar-refractivity contribution is 0.0336. The van der Waals surface area contributed by atoms with E-state index in [0.717, 1.165) is 49.8 Å². The average molecular weight is 392 g/mol. The first-order valence-corrected chi connectivity index (χ1v) is 9.48. The Morgan fingerprint density at radius 3 is 2.83 bits per heavy atom. The van der Waals surface area contributed by atoms with Gasteiger partial charge in [-0.05, 0) is 18.2 Å². The molecule has 5 rings (SSSR count). The highest BCUT2D eigenvalue weighted by atomic mass is 16.5. The first-order valence-electron chi connectivity index (χ1n) is 9.48. The molecule has 0 atom stereocenters. The number of rotatable bonds is 3. The lowest BCUT2D eigenvalue weighted by atomic mass is 10.1. The van der Waals surface area contributed by atoms with Crippen LogP contribution in [0.2, 0.25) is 0 Å². The minimum atomic E-state index is -0.463. The van der Waals surface area contributed by atoms with Crippen LogP contribution in [-0.2, 0) is 16.0 Å². The van der Waals surface area contributed by atoms with Gasteiger partial charge in [0.15, 0.2) is 11.6 Å². The number of nitrogens with zero attached hydrogens (tertiary/aromatic N) is 4. The van der Waals surface area contributed by atoms with Gasteiger partial charge in [0.05, 0.1) is 37.3 Å². The van der Waals surface area contributed by atoms with Gasteiger partial charge < -0.3 is 14.2 Å². The van der Waals surface area contributed by atoms with Crippen molar-refractivity contribution in [1.82, 2.24) is 19.7 Å². The maximum Gasteiger partial charge on any atom is 0.339 e. The molecule has 0 radical (unpaired) electrons. The largest absolute Gasteiger partial charge is 0.465 e. The molecule has 148 valence electrons. The molecule has 0 aliphatic carbocycles. The monoisotopic (exact) mass is 392 g/mol. The third-order valence-electron chi connectivity index (χ3n) is 5.09. The van der Waals surface area contributed by atoms with Crippen LogP contribution in [0, 0.1) is 0 Å². The van der Waals surface area contributed by atoms with E-state index >= 15 is 0 Å². The molecule has 0 spiro atoms. The van der Waals surface area contributed by atoms with E-state index in [1.807, 2.05) is 24.3 Å². The number of methoxy groups -OCH3 is 1. The van der Waals surface area contributed by atoms with Gasteiger partial charge in [-0.3, -0.25) is 4.90 Å². The zero-order valence-electron chi connectivity index (χ0n) is 16.0. The minimum Gasteiger partial charge on any atom is -0.465 e. The molecule has 3 aromatic rings. The number of carbonyl (C=O) groups excluding carboxylic acids is 1. The highest BCUT2D eigenvalue weighted by Gasteiger charge is 2.25. The lowest BCUT2D eigenvalue weighted by Crippen LogP contribution is -2.35. The van der Waals surface area contributed by atoms with Gasteiger partial charge in [-0.25, -0.2) is 14.5 Å². The standard InChI is InChI=1S/C21H20N4O4/c1-27-21(26)14-10-19-20(22-12-14)25-17(16-4-2-3-5-18(16)29-19)11-15(23-25)13-24-6-8-28-9-7-24/h2-5,10-12H,6-9,13H2,1H3. The number of benzene rings is 1. The molecule has 2 aromatic heterocycles. The van der Waals surface area contributed by atoms with E-state index in [-0.39, 0.29) is 0 Å². The first-order chi connectivity index (χ1) is 14.2. The lowest BCUT2D eigenvalue weighted by Gasteiger charge is -2.25. The number of esters is 1. The molecular weight excluding hydrogens is 372 g/mol. The molecule has 0 amide bonds. The summed E-state index contributed by atoms with van der Waals surface area (Å²) in [6.45, 7) is 4.00. The molecule has 0 N–H and O–H groups in total. The number of aromatic nitrogens is 3. The Labute approximate surface area is 167 Å². The third-order valence-corrected chi connectivity index (χ3v) is 5.09. The second kappa shape index (κ2) is 7.31. The van der Waals surface area contributed by atoms with Crippen molar-refractivity contribution in [3.05, 3.63) is 53.9 Å². The van der Waals surface area contributed by atoms with Crippen molar-refractivity contribution in [3.63, 3.8) is 0 Å². The fourth-order valence-corrected chi connectivity index (χ4v) is 3.64. The predicted molar refractivity (Wildman–Crippen MR) is 104 cm³/mol. The summed E-state index contributed by atoms with van der Waals surface area (Å²) in [6.07, 6.45) is 1.48. The summed E-state index contributed by atoms with van der Waals surface area (Å²) < 4.78 is 18.1. The van der Waals surface area contributed by atoms with Crippen molar-refractivity contribution in [2.45, 2.75) is 6.54 Å². The fraction of sp³-hybridized carbons (Fsp3) is 0.286. The highest BCUT2D eigenvalue weighted by molar-refractivity contribution is 5.90. The van der Waals surface area contributed by atoms with E-state index in [1.165, 1.54) is 13.3 Å². The number of carbonyl (C=O) groups is 1. The van der Waals surface area contributed by atoms with Gasteiger partial charge in [0.1, 0.15) is 5.75 Å². The topological polar surface area (TPSA) is 78.7 Å². The van der Waals surface area contributed by atoms with Crippen LogP contribution in [0.25, 0.3) is 17.1 Å². The fourth-order valence-electron chi connectivity index (χ4n) is 3.64. The second-order valence-corrected chi connectivity index (χ2v) is 6.96. The molecule has 0 saturated carbocycles. The van der Waals surface area contributed by atoms with Gasteiger partial charge >= 0.3 is 5.97 Å². The number of pyridine rings is 1. The summed E-state index contributed by atoms with van der Waals surface area (Å²) in [7, 11) is 1.34.